The van der Waals surface area contributed by atoms with Gasteiger partial charge < -0.3 is 10.6 Å². The van der Waals surface area contributed by atoms with E-state index in [0.29, 0.717) is 0 Å². The van der Waals surface area contributed by atoms with Crippen LogP contribution in [-0.2, 0) is 5.41 Å². The Labute approximate surface area is 118 Å². The molecule has 0 radical (unpaired) electrons. The van der Waals surface area contributed by atoms with Gasteiger partial charge in [-0.2, -0.15) is 0 Å². The third kappa shape index (κ3) is 4.32. The summed E-state index contributed by atoms with van der Waals surface area (Å²) in [6, 6.07) is 7.65. The molecule has 2 nitrogen and oxygen atoms in total. The molecule has 1 aliphatic carbocycles. The number of rotatable bonds is 7. The maximum Gasteiger partial charge on any atom is 0.00793 e. The van der Waals surface area contributed by atoms with E-state index in [-0.39, 0.29) is 5.41 Å². The highest BCUT2D eigenvalue weighted by Crippen LogP contribution is 2.24. The van der Waals surface area contributed by atoms with Crippen LogP contribution in [0.3, 0.4) is 0 Å². The summed E-state index contributed by atoms with van der Waals surface area (Å²) in [5.41, 5.74) is 4.39. The first-order chi connectivity index (χ1) is 8.99. The van der Waals surface area contributed by atoms with Gasteiger partial charge in [0.2, 0.25) is 0 Å². The maximum absolute atomic E-state index is 3.58. The normalized spacial score (nSPS) is 15.8. The minimum absolute atomic E-state index is 0.193. The van der Waals surface area contributed by atoms with Crippen LogP contribution in [0.1, 0.15) is 43.4 Å². The van der Waals surface area contributed by atoms with E-state index < -0.39 is 0 Å². The van der Waals surface area contributed by atoms with Gasteiger partial charge in [-0.1, -0.05) is 32.0 Å². The van der Waals surface area contributed by atoms with Gasteiger partial charge in [-0.15, -0.1) is 0 Å². The van der Waals surface area contributed by atoms with E-state index in [4.69, 9.17) is 0 Å². The van der Waals surface area contributed by atoms with Crippen LogP contribution >= 0.6 is 0 Å². The highest BCUT2D eigenvalue weighted by Gasteiger charge is 2.21. The standard InChI is InChI=1S/C17H28N2/c1-13-5-6-15(11-14(13)2)17(3,4)12-18-9-10-19-16-7-8-16/h5-6,11,16,18-19H,7-10,12H2,1-4H3. The maximum atomic E-state index is 3.58. The number of nitrogens with one attached hydrogen (secondary N) is 2. The van der Waals surface area contributed by atoms with E-state index in [2.05, 4.69) is 56.5 Å². The van der Waals surface area contributed by atoms with E-state index >= 15 is 0 Å². The van der Waals surface area contributed by atoms with E-state index in [1.54, 1.807) is 0 Å². The van der Waals surface area contributed by atoms with Crippen molar-refractivity contribution in [3.8, 4) is 0 Å². The Kier molecular flexibility index (Phi) is 4.64. The number of aryl methyl sites for hydroxylation is 2. The number of hydrogen-bond donors (Lipinski definition) is 2. The fourth-order valence-corrected chi connectivity index (χ4v) is 2.32. The highest BCUT2D eigenvalue weighted by atomic mass is 15.0. The molecule has 0 heterocycles. The van der Waals surface area contributed by atoms with E-state index in [9.17, 15) is 0 Å². The van der Waals surface area contributed by atoms with Gasteiger partial charge in [0.25, 0.3) is 0 Å². The Morgan fingerprint density at radius 3 is 2.47 bits per heavy atom. The van der Waals surface area contributed by atoms with Gasteiger partial charge in [0, 0.05) is 31.1 Å². The molecule has 106 valence electrons. The van der Waals surface area contributed by atoms with Gasteiger partial charge in [0.05, 0.1) is 0 Å². The molecule has 0 aliphatic heterocycles. The molecule has 0 unspecified atom stereocenters. The van der Waals surface area contributed by atoms with E-state index in [1.807, 2.05) is 0 Å². The predicted octanol–water partition coefficient (Wildman–Crippen LogP) is 2.92. The minimum Gasteiger partial charge on any atom is -0.315 e. The van der Waals surface area contributed by atoms with Crippen LogP contribution in [0.2, 0.25) is 0 Å². The molecule has 0 atom stereocenters. The van der Waals surface area contributed by atoms with E-state index in [1.165, 1.54) is 29.5 Å². The van der Waals surface area contributed by atoms with Crippen molar-refractivity contribution in [3.05, 3.63) is 34.9 Å². The molecular formula is C17H28N2. The smallest absolute Gasteiger partial charge is 0.00793 e. The Morgan fingerprint density at radius 1 is 1.11 bits per heavy atom. The average molecular weight is 260 g/mol. The molecule has 1 aromatic rings. The van der Waals surface area contributed by atoms with Gasteiger partial charge in [-0.05, 0) is 43.4 Å². The van der Waals surface area contributed by atoms with Crippen molar-refractivity contribution in [1.82, 2.24) is 10.6 Å². The number of benzene rings is 1. The summed E-state index contributed by atoms with van der Waals surface area (Å²) in [5, 5.41) is 7.12. The SMILES string of the molecule is Cc1ccc(C(C)(C)CNCCNC2CC2)cc1C. The van der Waals surface area contributed by atoms with Crippen LogP contribution in [0.15, 0.2) is 18.2 Å². The quantitative estimate of drug-likeness (QED) is 0.737. The first kappa shape index (κ1) is 14.5. The molecule has 0 saturated heterocycles. The first-order valence-electron chi connectivity index (χ1n) is 7.51. The molecule has 19 heavy (non-hydrogen) atoms. The number of hydrogen-bond acceptors (Lipinski definition) is 2. The molecule has 0 bridgehead atoms. The van der Waals surface area contributed by atoms with Crippen LogP contribution in [0, 0.1) is 13.8 Å². The summed E-state index contributed by atoms with van der Waals surface area (Å²) in [4.78, 5) is 0. The molecule has 1 fully saturated rings. The third-order valence-electron chi connectivity index (χ3n) is 4.17. The molecule has 0 aromatic heterocycles. The summed E-state index contributed by atoms with van der Waals surface area (Å²) < 4.78 is 0. The van der Waals surface area contributed by atoms with Gasteiger partial charge in [0.15, 0.2) is 0 Å². The summed E-state index contributed by atoms with van der Waals surface area (Å²) in [6.45, 7) is 12.2. The van der Waals surface area contributed by atoms with Gasteiger partial charge in [-0.25, -0.2) is 0 Å². The van der Waals surface area contributed by atoms with Gasteiger partial charge >= 0.3 is 0 Å². The van der Waals surface area contributed by atoms with Crippen molar-refractivity contribution in [3.63, 3.8) is 0 Å². The van der Waals surface area contributed by atoms with Crippen LogP contribution < -0.4 is 10.6 Å². The predicted molar refractivity (Wildman–Crippen MR) is 82.8 cm³/mol. The summed E-state index contributed by atoms with van der Waals surface area (Å²) in [5.74, 6) is 0. The van der Waals surface area contributed by atoms with Crippen LogP contribution in [0.4, 0.5) is 0 Å². The largest absolute Gasteiger partial charge is 0.315 e. The Hall–Kier alpha value is -0.860. The lowest BCUT2D eigenvalue weighted by atomic mass is 9.83. The van der Waals surface area contributed by atoms with Crippen molar-refractivity contribution >= 4 is 0 Å². The minimum atomic E-state index is 0.193. The zero-order chi connectivity index (χ0) is 13.9. The van der Waals surface area contributed by atoms with Crippen LogP contribution in [-0.4, -0.2) is 25.7 Å². The summed E-state index contributed by atoms with van der Waals surface area (Å²) >= 11 is 0. The third-order valence-corrected chi connectivity index (χ3v) is 4.17. The summed E-state index contributed by atoms with van der Waals surface area (Å²) in [6.07, 6.45) is 2.74. The lowest BCUT2D eigenvalue weighted by molar-refractivity contribution is 0.464. The monoisotopic (exact) mass is 260 g/mol. The molecule has 0 spiro atoms. The Morgan fingerprint density at radius 2 is 1.84 bits per heavy atom. The molecule has 1 aromatic carbocycles. The molecule has 2 rings (SSSR count). The molecule has 1 aliphatic rings. The zero-order valence-corrected chi connectivity index (χ0v) is 12.8. The Bertz CT molecular complexity index is 419. The fourth-order valence-electron chi connectivity index (χ4n) is 2.32. The second-order valence-electron chi connectivity index (χ2n) is 6.59. The van der Waals surface area contributed by atoms with Gasteiger partial charge in [-0.3, -0.25) is 0 Å². The van der Waals surface area contributed by atoms with Crippen molar-refractivity contribution in [1.29, 1.82) is 0 Å². The van der Waals surface area contributed by atoms with Crippen molar-refractivity contribution < 1.29 is 0 Å². The molecular weight excluding hydrogens is 232 g/mol. The zero-order valence-electron chi connectivity index (χ0n) is 12.8. The van der Waals surface area contributed by atoms with Crippen molar-refractivity contribution in [2.75, 3.05) is 19.6 Å². The molecule has 2 N–H and O–H groups in total. The second-order valence-corrected chi connectivity index (χ2v) is 6.59. The van der Waals surface area contributed by atoms with E-state index in [0.717, 1.165) is 25.7 Å². The van der Waals surface area contributed by atoms with Crippen molar-refractivity contribution in [2.45, 2.75) is 52.0 Å². The van der Waals surface area contributed by atoms with Crippen molar-refractivity contribution in [2.24, 2.45) is 0 Å². The molecule has 2 heteroatoms. The first-order valence-corrected chi connectivity index (χ1v) is 7.51. The Balaban J connectivity index is 1.80. The lowest BCUT2D eigenvalue weighted by Gasteiger charge is -2.26. The van der Waals surface area contributed by atoms with Gasteiger partial charge in [0.1, 0.15) is 0 Å². The van der Waals surface area contributed by atoms with Crippen LogP contribution in [0.5, 0.6) is 0 Å². The topological polar surface area (TPSA) is 24.1 Å². The lowest BCUT2D eigenvalue weighted by Crippen LogP contribution is -2.37. The van der Waals surface area contributed by atoms with Crippen LogP contribution in [0.25, 0.3) is 0 Å². The second kappa shape index (κ2) is 6.06. The summed E-state index contributed by atoms with van der Waals surface area (Å²) in [7, 11) is 0. The fraction of sp³-hybridized carbons (Fsp3) is 0.647. The highest BCUT2D eigenvalue weighted by molar-refractivity contribution is 5.34. The molecule has 0 amide bonds. The molecule has 1 saturated carbocycles. The average Bonchev–Trinajstić information content (AvgIpc) is 3.16.